The quantitative estimate of drug-likeness (QED) is 0.717. The van der Waals surface area contributed by atoms with E-state index in [2.05, 4.69) is 9.97 Å². The minimum Gasteiger partial charge on any atom is -0.321 e. The van der Waals surface area contributed by atoms with E-state index in [9.17, 15) is 4.79 Å². The first-order chi connectivity index (χ1) is 6.92. The summed E-state index contributed by atoms with van der Waals surface area (Å²) in [5, 5.41) is 0. The molecule has 0 aliphatic rings. The minimum atomic E-state index is -0.501. The Kier molecular flexibility index (Phi) is 2.36. The molecule has 0 saturated carbocycles. The lowest BCUT2D eigenvalue weighted by atomic mass is 10.2. The fourth-order valence-electron chi connectivity index (χ4n) is 1.23. The predicted molar refractivity (Wildman–Crippen MR) is 50.3 cm³/mol. The van der Waals surface area contributed by atoms with Crippen molar-refractivity contribution < 1.29 is 4.79 Å². The fraction of sp³-hybridized carbons (Fsp3) is 0.100. The van der Waals surface area contributed by atoms with E-state index in [1.807, 2.05) is 12.4 Å². The first kappa shape index (κ1) is 8.62. The van der Waals surface area contributed by atoms with E-state index >= 15 is 0 Å². The van der Waals surface area contributed by atoms with Crippen LogP contribution in [0, 0.1) is 0 Å². The number of hydrogen-bond acceptors (Lipinski definition) is 3. The molecule has 1 atom stereocenters. The molecule has 1 unspecified atom stereocenters. The van der Waals surface area contributed by atoms with Crippen LogP contribution in [-0.4, -0.2) is 20.8 Å². The van der Waals surface area contributed by atoms with Crippen LogP contribution in [0.4, 0.5) is 0 Å². The second-order valence-corrected chi connectivity index (χ2v) is 2.78. The third kappa shape index (κ3) is 1.54. The molecule has 0 fully saturated rings. The fourth-order valence-corrected chi connectivity index (χ4v) is 1.23. The summed E-state index contributed by atoms with van der Waals surface area (Å²) in [4.78, 5) is 18.8. The highest BCUT2D eigenvalue weighted by Crippen LogP contribution is 2.11. The predicted octanol–water partition coefficient (Wildman–Crippen LogP) is 0.977. The number of pyridine rings is 1. The molecule has 0 aliphatic heterocycles. The maximum atomic E-state index is 10.8. The zero-order valence-corrected chi connectivity index (χ0v) is 7.37. The Bertz CT molecular complexity index is 397. The van der Waals surface area contributed by atoms with Gasteiger partial charge in [-0.3, -0.25) is 9.78 Å². The Labute approximate surface area is 81.2 Å². The molecule has 0 N–H and O–H groups in total. The molecule has 0 aromatic carbocycles. The van der Waals surface area contributed by atoms with Gasteiger partial charge in [0.1, 0.15) is 6.04 Å². The van der Waals surface area contributed by atoms with Crippen LogP contribution in [0.5, 0.6) is 0 Å². The SMILES string of the molecule is O=[C]C(c1ccccn1)n1ccnc1. The van der Waals surface area contributed by atoms with Crippen LogP contribution in [0.15, 0.2) is 43.1 Å². The maximum Gasteiger partial charge on any atom is 0.229 e. The van der Waals surface area contributed by atoms with Gasteiger partial charge in [0.05, 0.1) is 12.0 Å². The Hall–Kier alpha value is -1.97. The zero-order chi connectivity index (χ0) is 9.80. The van der Waals surface area contributed by atoms with E-state index in [1.165, 1.54) is 0 Å². The molecule has 69 valence electrons. The Morgan fingerprint density at radius 1 is 1.36 bits per heavy atom. The summed E-state index contributed by atoms with van der Waals surface area (Å²) in [5.74, 6) is 0. The molecule has 2 aromatic heterocycles. The molecule has 0 spiro atoms. The number of rotatable bonds is 3. The van der Waals surface area contributed by atoms with E-state index in [-0.39, 0.29) is 0 Å². The van der Waals surface area contributed by atoms with Gasteiger partial charge in [-0.25, -0.2) is 4.98 Å². The van der Waals surface area contributed by atoms with E-state index in [0.717, 1.165) is 0 Å². The summed E-state index contributed by atoms with van der Waals surface area (Å²) in [6, 6.07) is 4.93. The van der Waals surface area contributed by atoms with E-state index in [0.29, 0.717) is 5.69 Å². The number of carbonyl (C=O) groups excluding carboxylic acids is 1. The highest BCUT2D eigenvalue weighted by atomic mass is 16.1. The molecule has 4 heteroatoms. The van der Waals surface area contributed by atoms with Gasteiger partial charge >= 0.3 is 0 Å². The maximum absolute atomic E-state index is 10.8. The van der Waals surface area contributed by atoms with Crippen molar-refractivity contribution >= 4 is 6.29 Å². The summed E-state index contributed by atoms with van der Waals surface area (Å²) < 4.78 is 1.66. The van der Waals surface area contributed by atoms with Crippen molar-refractivity contribution in [2.24, 2.45) is 0 Å². The average molecular weight is 186 g/mol. The lowest BCUT2D eigenvalue weighted by Crippen LogP contribution is -2.11. The van der Waals surface area contributed by atoms with Gasteiger partial charge in [-0.1, -0.05) is 6.07 Å². The summed E-state index contributed by atoms with van der Waals surface area (Å²) in [6.45, 7) is 0. The van der Waals surface area contributed by atoms with Crippen molar-refractivity contribution in [1.29, 1.82) is 0 Å². The number of hydrogen-bond donors (Lipinski definition) is 0. The largest absolute Gasteiger partial charge is 0.321 e. The number of aromatic nitrogens is 3. The van der Waals surface area contributed by atoms with Gasteiger partial charge in [0.2, 0.25) is 6.29 Å². The topological polar surface area (TPSA) is 47.8 Å². The normalized spacial score (nSPS) is 12.3. The lowest BCUT2D eigenvalue weighted by Gasteiger charge is -2.09. The summed E-state index contributed by atoms with van der Waals surface area (Å²) >= 11 is 0. The van der Waals surface area contributed by atoms with Gasteiger partial charge in [-0.05, 0) is 12.1 Å². The molecule has 2 rings (SSSR count). The molecule has 1 radical (unpaired) electrons. The van der Waals surface area contributed by atoms with Gasteiger partial charge in [-0.2, -0.15) is 0 Å². The second kappa shape index (κ2) is 3.83. The molecule has 14 heavy (non-hydrogen) atoms. The second-order valence-electron chi connectivity index (χ2n) is 2.78. The summed E-state index contributed by atoms with van der Waals surface area (Å²) in [7, 11) is 0. The number of nitrogens with zero attached hydrogens (tertiary/aromatic N) is 3. The van der Waals surface area contributed by atoms with Gasteiger partial charge in [0.25, 0.3) is 0 Å². The molecule has 2 aromatic rings. The van der Waals surface area contributed by atoms with E-state index < -0.39 is 6.04 Å². The van der Waals surface area contributed by atoms with Crippen LogP contribution in [0.1, 0.15) is 11.7 Å². The first-order valence-electron chi connectivity index (χ1n) is 4.18. The highest BCUT2D eigenvalue weighted by molar-refractivity contribution is 5.61. The summed E-state index contributed by atoms with van der Waals surface area (Å²) in [5.41, 5.74) is 0.667. The monoisotopic (exact) mass is 186 g/mol. The van der Waals surface area contributed by atoms with Crippen molar-refractivity contribution in [3.8, 4) is 0 Å². The molecular weight excluding hydrogens is 178 g/mol. The van der Waals surface area contributed by atoms with E-state index in [1.54, 1.807) is 41.6 Å². The summed E-state index contributed by atoms with van der Waals surface area (Å²) in [6.07, 6.45) is 8.49. The van der Waals surface area contributed by atoms with Crippen molar-refractivity contribution in [1.82, 2.24) is 14.5 Å². The standard InChI is InChI=1S/C10H8N3O/c14-7-10(13-6-5-11-8-13)9-3-1-2-4-12-9/h1-6,8,10H. The molecule has 0 saturated heterocycles. The third-order valence-corrected chi connectivity index (χ3v) is 1.90. The van der Waals surface area contributed by atoms with Crippen molar-refractivity contribution in [3.63, 3.8) is 0 Å². The van der Waals surface area contributed by atoms with Crippen LogP contribution in [0.2, 0.25) is 0 Å². The van der Waals surface area contributed by atoms with Gasteiger partial charge < -0.3 is 4.57 Å². The van der Waals surface area contributed by atoms with Crippen molar-refractivity contribution in [2.45, 2.75) is 6.04 Å². The van der Waals surface area contributed by atoms with Crippen molar-refractivity contribution in [3.05, 3.63) is 48.8 Å². The molecule has 4 nitrogen and oxygen atoms in total. The van der Waals surface area contributed by atoms with Crippen molar-refractivity contribution in [2.75, 3.05) is 0 Å². The van der Waals surface area contributed by atoms with Crippen LogP contribution in [0.25, 0.3) is 0 Å². The Morgan fingerprint density at radius 2 is 2.29 bits per heavy atom. The van der Waals surface area contributed by atoms with Crippen LogP contribution >= 0.6 is 0 Å². The first-order valence-corrected chi connectivity index (χ1v) is 4.18. The molecular formula is C10H8N3O. The zero-order valence-electron chi connectivity index (χ0n) is 7.37. The third-order valence-electron chi connectivity index (χ3n) is 1.90. The molecule has 0 amide bonds. The lowest BCUT2D eigenvalue weighted by molar-refractivity contribution is 0.528. The van der Waals surface area contributed by atoms with Crippen LogP contribution in [-0.2, 0) is 4.79 Å². The van der Waals surface area contributed by atoms with Gasteiger partial charge in [0.15, 0.2) is 0 Å². The molecule has 0 aliphatic carbocycles. The van der Waals surface area contributed by atoms with Gasteiger partial charge in [-0.15, -0.1) is 0 Å². The van der Waals surface area contributed by atoms with E-state index in [4.69, 9.17) is 0 Å². The van der Waals surface area contributed by atoms with Gasteiger partial charge in [0, 0.05) is 18.6 Å². The Balaban J connectivity index is 2.36. The molecule has 2 heterocycles. The van der Waals surface area contributed by atoms with Crippen LogP contribution in [0.3, 0.4) is 0 Å². The Morgan fingerprint density at radius 3 is 2.86 bits per heavy atom. The molecule has 0 bridgehead atoms. The van der Waals surface area contributed by atoms with Crippen LogP contribution < -0.4 is 0 Å². The average Bonchev–Trinajstić information content (AvgIpc) is 2.74. The highest BCUT2D eigenvalue weighted by Gasteiger charge is 2.13. The minimum absolute atomic E-state index is 0.501. The smallest absolute Gasteiger partial charge is 0.229 e. The number of imidazole rings is 1.